The van der Waals surface area contributed by atoms with E-state index in [-0.39, 0.29) is 29.8 Å². The standard InChI is InChI=1S/C29H42N2O6S/c1-22(2)19-31(38(34,35)25-14-12-24(37-4)13-15-25)20-27(32)26(18-23-10-6-5-7-11-23)30-28(33)29(21-36-3)16-8-9-17-29/h5-7,10-15,22,26-27,32H,8-9,16-21H2,1-4H3,(H,30,33). The van der Waals surface area contributed by atoms with Crippen LogP contribution in [0.15, 0.2) is 59.5 Å². The summed E-state index contributed by atoms with van der Waals surface area (Å²) in [6.45, 7) is 4.26. The van der Waals surface area contributed by atoms with E-state index in [9.17, 15) is 18.3 Å². The Morgan fingerprint density at radius 2 is 1.66 bits per heavy atom. The van der Waals surface area contributed by atoms with Gasteiger partial charge in [0.05, 0.1) is 36.2 Å². The number of rotatable bonds is 14. The van der Waals surface area contributed by atoms with E-state index >= 15 is 0 Å². The molecule has 0 saturated heterocycles. The molecule has 0 heterocycles. The van der Waals surface area contributed by atoms with Crippen molar-refractivity contribution in [3.8, 4) is 5.75 Å². The summed E-state index contributed by atoms with van der Waals surface area (Å²) >= 11 is 0. The molecule has 2 atom stereocenters. The molecule has 0 radical (unpaired) electrons. The molecule has 2 N–H and O–H groups in total. The molecule has 1 saturated carbocycles. The van der Waals surface area contributed by atoms with Crippen LogP contribution in [0.25, 0.3) is 0 Å². The molecule has 0 aliphatic heterocycles. The van der Waals surface area contributed by atoms with Gasteiger partial charge in [0.2, 0.25) is 15.9 Å². The summed E-state index contributed by atoms with van der Waals surface area (Å²) < 4.78 is 39.1. The van der Waals surface area contributed by atoms with Crippen LogP contribution < -0.4 is 10.1 Å². The number of amides is 1. The molecule has 2 aromatic rings. The molecule has 38 heavy (non-hydrogen) atoms. The van der Waals surface area contributed by atoms with E-state index in [0.29, 0.717) is 18.8 Å². The fourth-order valence-electron chi connectivity index (χ4n) is 5.15. The smallest absolute Gasteiger partial charge is 0.243 e. The number of aliphatic hydroxyl groups excluding tert-OH is 1. The van der Waals surface area contributed by atoms with E-state index in [1.165, 1.54) is 23.5 Å². The van der Waals surface area contributed by atoms with Crippen LogP contribution >= 0.6 is 0 Å². The molecule has 1 amide bonds. The minimum Gasteiger partial charge on any atom is -0.497 e. The highest BCUT2D eigenvalue weighted by Crippen LogP contribution is 2.38. The number of hydrogen-bond donors (Lipinski definition) is 2. The zero-order valence-electron chi connectivity index (χ0n) is 22.9. The Hall–Kier alpha value is -2.46. The van der Waals surface area contributed by atoms with E-state index < -0.39 is 27.6 Å². The highest BCUT2D eigenvalue weighted by molar-refractivity contribution is 7.89. The maximum atomic E-state index is 13.6. The van der Waals surface area contributed by atoms with Gasteiger partial charge in [-0.3, -0.25) is 4.79 Å². The van der Waals surface area contributed by atoms with Crippen LogP contribution in [0.1, 0.15) is 45.1 Å². The van der Waals surface area contributed by atoms with E-state index in [4.69, 9.17) is 9.47 Å². The van der Waals surface area contributed by atoms with Crippen molar-refractivity contribution in [2.75, 3.05) is 33.9 Å². The number of aliphatic hydroxyl groups is 1. The number of nitrogens with one attached hydrogen (secondary N) is 1. The Morgan fingerprint density at radius 3 is 2.21 bits per heavy atom. The number of ether oxygens (including phenoxy) is 2. The molecule has 210 valence electrons. The van der Waals surface area contributed by atoms with Crippen molar-refractivity contribution in [2.45, 2.75) is 63.0 Å². The first-order chi connectivity index (χ1) is 18.1. The molecule has 1 aliphatic rings. The molecule has 1 fully saturated rings. The zero-order chi connectivity index (χ0) is 27.8. The minimum atomic E-state index is -3.90. The van der Waals surface area contributed by atoms with Gasteiger partial charge in [0, 0.05) is 20.2 Å². The maximum absolute atomic E-state index is 13.6. The number of methoxy groups -OCH3 is 2. The molecule has 0 aromatic heterocycles. The van der Waals surface area contributed by atoms with Crippen LogP contribution in [-0.2, 0) is 26.0 Å². The third kappa shape index (κ3) is 7.56. The lowest BCUT2D eigenvalue weighted by Crippen LogP contribution is -2.54. The van der Waals surface area contributed by atoms with Crippen molar-refractivity contribution in [2.24, 2.45) is 11.3 Å². The number of hydrogen-bond acceptors (Lipinski definition) is 6. The van der Waals surface area contributed by atoms with E-state index in [1.54, 1.807) is 19.2 Å². The van der Waals surface area contributed by atoms with Crippen LogP contribution in [0.3, 0.4) is 0 Å². The van der Waals surface area contributed by atoms with Crippen LogP contribution in [0, 0.1) is 11.3 Å². The Morgan fingerprint density at radius 1 is 1.03 bits per heavy atom. The molecule has 0 spiro atoms. The summed E-state index contributed by atoms with van der Waals surface area (Å²) in [4.78, 5) is 13.7. The van der Waals surface area contributed by atoms with Gasteiger partial charge in [-0.25, -0.2) is 8.42 Å². The van der Waals surface area contributed by atoms with Crippen molar-refractivity contribution < 1.29 is 27.8 Å². The second-order valence-electron chi connectivity index (χ2n) is 10.6. The van der Waals surface area contributed by atoms with Crippen LogP contribution in [-0.4, -0.2) is 69.8 Å². The Bertz CT molecular complexity index is 1120. The normalized spacial score (nSPS) is 16.9. The number of carbonyl (C=O) groups is 1. The van der Waals surface area contributed by atoms with Gasteiger partial charge < -0.3 is 19.9 Å². The first-order valence-electron chi connectivity index (χ1n) is 13.3. The highest BCUT2D eigenvalue weighted by Gasteiger charge is 2.43. The Balaban J connectivity index is 1.88. The molecular weight excluding hydrogens is 504 g/mol. The van der Waals surface area contributed by atoms with Gasteiger partial charge in [0.1, 0.15) is 5.75 Å². The van der Waals surface area contributed by atoms with Gasteiger partial charge in [-0.2, -0.15) is 4.31 Å². The fourth-order valence-corrected chi connectivity index (χ4v) is 6.77. The molecule has 0 bridgehead atoms. The lowest BCUT2D eigenvalue weighted by atomic mass is 9.85. The van der Waals surface area contributed by atoms with Gasteiger partial charge in [-0.05, 0) is 55.0 Å². The van der Waals surface area contributed by atoms with Gasteiger partial charge in [-0.15, -0.1) is 0 Å². The molecular formula is C29H42N2O6S. The predicted octanol–water partition coefficient (Wildman–Crippen LogP) is 3.64. The average molecular weight is 547 g/mol. The van der Waals surface area contributed by atoms with Gasteiger partial charge in [-0.1, -0.05) is 57.0 Å². The lowest BCUT2D eigenvalue weighted by molar-refractivity contribution is -0.135. The lowest BCUT2D eigenvalue weighted by Gasteiger charge is -2.34. The minimum absolute atomic E-state index is 0.0286. The number of nitrogens with zero attached hydrogens (tertiary/aromatic N) is 1. The van der Waals surface area contributed by atoms with Gasteiger partial charge in [0.25, 0.3) is 0 Å². The predicted molar refractivity (Wildman–Crippen MR) is 147 cm³/mol. The van der Waals surface area contributed by atoms with Crippen LogP contribution in [0.4, 0.5) is 0 Å². The topological polar surface area (TPSA) is 105 Å². The third-order valence-corrected chi connectivity index (χ3v) is 9.04. The van der Waals surface area contributed by atoms with Crippen molar-refractivity contribution in [3.63, 3.8) is 0 Å². The van der Waals surface area contributed by atoms with Gasteiger partial charge in [0.15, 0.2) is 0 Å². The molecule has 2 aromatic carbocycles. The van der Waals surface area contributed by atoms with Crippen LogP contribution in [0.2, 0.25) is 0 Å². The molecule has 8 nitrogen and oxygen atoms in total. The summed E-state index contributed by atoms with van der Waals surface area (Å²) in [6, 6.07) is 15.1. The van der Waals surface area contributed by atoms with E-state index in [0.717, 1.165) is 31.2 Å². The summed E-state index contributed by atoms with van der Waals surface area (Å²) in [5, 5.41) is 14.6. The Kier molecular flexibility index (Phi) is 10.7. The quantitative estimate of drug-likeness (QED) is 0.375. The van der Waals surface area contributed by atoms with Crippen molar-refractivity contribution in [3.05, 3.63) is 60.2 Å². The fraction of sp³-hybridized carbons (Fsp3) is 0.552. The van der Waals surface area contributed by atoms with Crippen LogP contribution in [0.5, 0.6) is 5.75 Å². The SMILES string of the molecule is COCC1(C(=O)NC(Cc2ccccc2)C(O)CN(CC(C)C)S(=O)(=O)c2ccc(OC)cc2)CCCC1. The maximum Gasteiger partial charge on any atom is 0.243 e. The second-order valence-corrected chi connectivity index (χ2v) is 12.6. The largest absolute Gasteiger partial charge is 0.497 e. The number of sulfonamides is 1. The van der Waals surface area contributed by atoms with E-state index in [2.05, 4.69) is 5.32 Å². The van der Waals surface area contributed by atoms with E-state index in [1.807, 2.05) is 44.2 Å². The molecule has 9 heteroatoms. The zero-order valence-corrected chi connectivity index (χ0v) is 23.7. The second kappa shape index (κ2) is 13.6. The summed E-state index contributed by atoms with van der Waals surface area (Å²) in [7, 11) is -0.785. The average Bonchev–Trinajstić information content (AvgIpc) is 3.38. The van der Waals surface area contributed by atoms with Crippen molar-refractivity contribution >= 4 is 15.9 Å². The third-order valence-electron chi connectivity index (χ3n) is 7.20. The highest BCUT2D eigenvalue weighted by atomic mass is 32.2. The summed E-state index contributed by atoms with van der Waals surface area (Å²) in [6.07, 6.45) is 2.59. The van der Waals surface area contributed by atoms with Crippen molar-refractivity contribution in [1.29, 1.82) is 0 Å². The molecule has 2 unspecified atom stereocenters. The first-order valence-corrected chi connectivity index (χ1v) is 14.7. The van der Waals surface area contributed by atoms with Gasteiger partial charge >= 0.3 is 0 Å². The Labute approximate surface area is 227 Å². The first kappa shape index (κ1) is 30.1. The number of carbonyl (C=O) groups excluding carboxylic acids is 1. The summed E-state index contributed by atoms with van der Waals surface area (Å²) in [5.41, 5.74) is 0.313. The van der Waals surface area contributed by atoms with Crippen molar-refractivity contribution in [1.82, 2.24) is 9.62 Å². The molecule has 1 aliphatic carbocycles. The molecule has 3 rings (SSSR count). The number of benzene rings is 2. The summed E-state index contributed by atoms with van der Waals surface area (Å²) in [5.74, 6) is 0.438. The monoisotopic (exact) mass is 546 g/mol.